The molecule has 5 rings (SSSR count). The molecule has 0 spiro atoms. The number of allylic oxidation sites excluding steroid dienone is 3. The lowest BCUT2D eigenvalue weighted by Gasteiger charge is -2.68. The molecule has 0 radical (unpaired) electrons. The Balaban J connectivity index is 1.84. The zero-order valence-corrected chi connectivity index (χ0v) is 17.6. The van der Waals surface area contributed by atoms with Crippen LogP contribution in [0.2, 0.25) is 0 Å². The first-order valence-electron chi connectivity index (χ1n) is 10.3. The Labute approximate surface area is 162 Å². The van der Waals surface area contributed by atoms with Crippen LogP contribution in [0, 0.1) is 34.5 Å². The summed E-state index contributed by atoms with van der Waals surface area (Å²) in [5, 5.41) is 10.9. The summed E-state index contributed by atoms with van der Waals surface area (Å²) in [6, 6.07) is 0. The van der Waals surface area contributed by atoms with E-state index in [1.165, 1.54) is 6.42 Å². The van der Waals surface area contributed by atoms with E-state index in [4.69, 9.17) is 4.74 Å². The van der Waals surface area contributed by atoms with Gasteiger partial charge in [0, 0.05) is 23.3 Å². The van der Waals surface area contributed by atoms with Crippen molar-refractivity contribution in [3.63, 3.8) is 0 Å². The summed E-state index contributed by atoms with van der Waals surface area (Å²) in [6.45, 7) is 14.0. The molecule has 0 aromatic rings. The van der Waals surface area contributed by atoms with Gasteiger partial charge in [-0.1, -0.05) is 27.7 Å². The Morgan fingerprint density at radius 2 is 1.74 bits per heavy atom. The molecular formula is C23H32O4. The van der Waals surface area contributed by atoms with Gasteiger partial charge in [0.25, 0.3) is 0 Å². The van der Waals surface area contributed by atoms with Crippen LogP contribution in [0.5, 0.6) is 0 Å². The van der Waals surface area contributed by atoms with Crippen LogP contribution in [0.4, 0.5) is 0 Å². The number of aliphatic hydroxyl groups is 1. The lowest BCUT2D eigenvalue weighted by atomic mass is 9.41. The molecule has 0 aromatic heterocycles. The van der Waals surface area contributed by atoms with E-state index >= 15 is 0 Å². The molecule has 0 aromatic carbocycles. The lowest BCUT2D eigenvalue weighted by molar-refractivity contribution is -0.244. The number of Topliss-reactive ketones (excluding diaryl/α,β-unsaturated/α-hetero) is 2. The number of ether oxygens (including phenoxy) is 1. The molecule has 4 aliphatic carbocycles. The molecule has 4 nitrogen and oxygen atoms in total. The normalized spacial score (nSPS) is 38.8. The topological polar surface area (TPSA) is 63.6 Å². The fraction of sp³-hybridized carbons (Fsp3) is 0.739. The number of hydrogen-bond donors (Lipinski definition) is 1. The highest BCUT2D eigenvalue weighted by Crippen LogP contribution is 2.68. The van der Waals surface area contributed by atoms with E-state index in [1.54, 1.807) is 13.8 Å². The smallest absolute Gasteiger partial charge is 0.183 e. The Hall–Kier alpha value is -1.58. The van der Waals surface area contributed by atoms with Gasteiger partial charge in [-0.2, -0.15) is 0 Å². The highest BCUT2D eigenvalue weighted by Gasteiger charge is 2.67. The van der Waals surface area contributed by atoms with Crippen molar-refractivity contribution in [3.05, 3.63) is 22.7 Å². The maximum absolute atomic E-state index is 13.2. The molecule has 1 heterocycles. The lowest BCUT2D eigenvalue weighted by Crippen LogP contribution is -2.66. The van der Waals surface area contributed by atoms with Gasteiger partial charge in [0.05, 0.1) is 5.41 Å². The minimum atomic E-state index is -0.930. The molecule has 3 saturated carbocycles. The van der Waals surface area contributed by atoms with E-state index in [0.29, 0.717) is 35.5 Å². The zero-order chi connectivity index (χ0) is 20.1. The maximum atomic E-state index is 13.2. The molecular weight excluding hydrogens is 340 g/mol. The summed E-state index contributed by atoms with van der Waals surface area (Å²) in [5.41, 5.74) is -0.329. The first-order chi connectivity index (χ1) is 12.3. The highest BCUT2D eigenvalue weighted by molar-refractivity contribution is 6.24. The number of carbonyl (C=O) groups is 2. The average Bonchev–Trinajstić information content (AvgIpc) is 2.57. The van der Waals surface area contributed by atoms with Gasteiger partial charge in [0.15, 0.2) is 11.6 Å². The van der Waals surface area contributed by atoms with Crippen LogP contribution in [-0.4, -0.2) is 22.3 Å². The quantitative estimate of drug-likeness (QED) is 0.711. The van der Waals surface area contributed by atoms with Crippen molar-refractivity contribution in [2.45, 2.75) is 73.3 Å². The van der Waals surface area contributed by atoms with Crippen molar-refractivity contribution in [1.29, 1.82) is 0 Å². The van der Waals surface area contributed by atoms with Crippen LogP contribution >= 0.6 is 0 Å². The second-order valence-corrected chi connectivity index (χ2v) is 10.7. The standard InChI is InChI=1S/C23H32O4/c1-11(2)17(24)16-18(25)14-9-13-8-12-10-15(21(12,3)4)23(13,7)27-20(14)22(5,6)19(16)26/h11-13,15,25H,8-10H2,1-7H3/t12-,13+,15+,23-/m1/s1. The molecule has 4 heteroatoms. The summed E-state index contributed by atoms with van der Waals surface area (Å²) >= 11 is 0. The third-order valence-corrected chi connectivity index (χ3v) is 8.24. The van der Waals surface area contributed by atoms with Gasteiger partial charge >= 0.3 is 0 Å². The fourth-order valence-electron chi connectivity index (χ4n) is 6.21. The van der Waals surface area contributed by atoms with Crippen LogP contribution in [-0.2, 0) is 14.3 Å². The number of aliphatic hydroxyl groups excluding tert-OH is 1. The van der Waals surface area contributed by atoms with Crippen LogP contribution in [0.1, 0.15) is 67.7 Å². The average molecular weight is 373 g/mol. The molecule has 0 amide bonds. The molecule has 4 atom stereocenters. The fourth-order valence-corrected chi connectivity index (χ4v) is 6.21. The number of carbonyl (C=O) groups excluding carboxylic acids is 2. The van der Waals surface area contributed by atoms with Crippen LogP contribution in [0.25, 0.3) is 0 Å². The van der Waals surface area contributed by atoms with Gasteiger partial charge < -0.3 is 9.84 Å². The molecule has 0 unspecified atom stereocenters. The summed E-state index contributed by atoms with van der Waals surface area (Å²) in [4.78, 5) is 25.9. The minimum absolute atomic E-state index is 0.0257. The van der Waals surface area contributed by atoms with Gasteiger partial charge in [-0.3, -0.25) is 9.59 Å². The predicted molar refractivity (Wildman–Crippen MR) is 103 cm³/mol. The molecule has 27 heavy (non-hydrogen) atoms. The van der Waals surface area contributed by atoms with Crippen molar-refractivity contribution in [2.75, 3.05) is 0 Å². The molecule has 0 saturated heterocycles. The third-order valence-electron chi connectivity index (χ3n) is 8.24. The van der Waals surface area contributed by atoms with E-state index in [0.717, 1.165) is 6.42 Å². The molecule has 5 aliphatic rings. The largest absolute Gasteiger partial charge is 0.507 e. The summed E-state index contributed by atoms with van der Waals surface area (Å²) in [5.74, 6) is 0.987. The minimum Gasteiger partial charge on any atom is -0.507 e. The summed E-state index contributed by atoms with van der Waals surface area (Å²) < 4.78 is 6.67. The van der Waals surface area contributed by atoms with Gasteiger partial charge in [0.2, 0.25) is 0 Å². The van der Waals surface area contributed by atoms with Crippen molar-refractivity contribution < 1.29 is 19.4 Å². The zero-order valence-electron chi connectivity index (χ0n) is 17.6. The van der Waals surface area contributed by atoms with E-state index in [9.17, 15) is 14.7 Å². The molecule has 1 N–H and O–H groups in total. The first kappa shape index (κ1) is 18.8. The van der Waals surface area contributed by atoms with Crippen molar-refractivity contribution in [3.8, 4) is 0 Å². The second kappa shape index (κ2) is 5.27. The van der Waals surface area contributed by atoms with Crippen LogP contribution < -0.4 is 0 Å². The van der Waals surface area contributed by atoms with Gasteiger partial charge in [-0.25, -0.2) is 0 Å². The van der Waals surface area contributed by atoms with Crippen LogP contribution in [0.3, 0.4) is 0 Å². The Morgan fingerprint density at radius 1 is 1.11 bits per heavy atom. The Kier molecular flexibility index (Phi) is 3.66. The van der Waals surface area contributed by atoms with Gasteiger partial charge in [0.1, 0.15) is 22.7 Å². The third kappa shape index (κ3) is 2.16. The predicted octanol–water partition coefficient (Wildman–Crippen LogP) is 4.75. The molecule has 3 fully saturated rings. The molecule has 2 bridgehead atoms. The monoisotopic (exact) mass is 372 g/mol. The van der Waals surface area contributed by atoms with E-state index in [1.807, 2.05) is 13.8 Å². The van der Waals surface area contributed by atoms with E-state index < -0.39 is 5.41 Å². The maximum Gasteiger partial charge on any atom is 0.183 e. The highest BCUT2D eigenvalue weighted by atomic mass is 16.5. The summed E-state index contributed by atoms with van der Waals surface area (Å²) in [6.07, 6.45) is 2.94. The molecule has 1 aliphatic heterocycles. The summed E-state index contributed by atoms with van der Waals surface area (Å²) in [7, 11) is 0. The second-order valence-electron chi connectivity index (χ2n) is 10.7. The number of rotatable bonds is 2. The molecule has 148 valence electrons. The Morgan fingerprint density at radius 3 is 2.30 bits per heavy atom. The SMILES string of the molecule is CC(C)C(=O)C1=C(O)C2=C(O[C@]3(C)[C@H](C2)C[C@@H]2C[C@H]3C2(C)C)C(C)(C)C1=O. The number of ketones is 2. The van der Waals surface area contributed by atoms with Gasteiger partial charge in [-0.15, -0.1) is 0 Å². The van der Waals surface area contributed by atoms with Crippen molar-refractivity contribution in [2.24, 2.45) is 34.5 Å². The van der Waals surface area contributed by atoms with Crippen molar-refractivity contribution >= 4 is 11.6 Å². The van der Waals surface area contributed by atoms with E-state index in [-0.39, 0.29) is 39.8 Å². The van der Waals surface area contributed by atoms with Gasteiger partial charge in [-0.05, 0) is 51.4 Å². The van der Waals surface area contributed by atoms with E-state index in [2.05, 4.69) is 20.8 Å². The first-order valence-corrected chi connectivity index (χ1v) is 10.3. The van der Waals surface area contributed by atoms with Crippen molar-refractivity contribution in [1.82, 2.24) is 0 Å². The Bertz CT molecular complexity index is 810. The number of hydrogen-bond acceptors (Lipinski definition) is 4. The van der Waals surface area contributed by atoms with Crippen LogP contribution in [0.15, 0.2) is 22.7 Å².